The summed E-state index contributed by atoms with van der Waals surface area (Å²) in [6, 6.07) is 6.89. The van der Waals surface area contributed by atoms with E-state index >= 15 is 0 Å². The van der Waals surface area contributed by atoms with Gasteiger partial charge >= 0.3 is 0 Å². The van der Waals surface area contributed by atoms with Gasteiger partial charge < -0.3 is 9.47 Å². The smallest absolute Gasteiger partial charge is 0.225 e. The second-order valence-electron chi connectivity index (χ2n) is 3.39. The number of methoxy groups -OCH3 is 2. The first-order chi connectivity index (χ1) is 8.04. The lowest BCUT2D eigenvalue weighted by Crippen LogP contribution is -2.05. The standard InChI is InChI=1S/C9H8O2.C4H10O2/c1-7-2-4-8(5-3-7)9(11)6-10;1-4(5-2)6-3/h2-6H,1H3;4H,1-3H3. The third kappa shape index (κ3) is 6.60. The Kier molecular flexibility index (Phi) is 7.84. The van der Waals surface area contributed by atoms with Crippen molar-refractivity contribution >= 4 is 12.1 Å². The lowest BCUT2D eigenvalue weighted by atomic mass is 10.1. The van der Waals surface area contributed by atoms with E-state index in [0.29, 0.717) is 11.8 Å². The summed E-state index contributed by atoms with van der Waals surface area (Å²) in [7, 11) is 3.21. The minimum atomic E-state index is -0.468. The first kappa shape index (κ1) is 15.5. The number of carbonyl (C=O) groups excluding carboxylic acids is 2. The van der Waals surface area contributed by atoms with E-state index in [1.54, 1.807) is 38.5 Å². The molecule has 0 spiro atoms. The van der Waals surface area contributed by atoms with E-state index < -0.39 is 5.78 Å². The first-order valence-corrected chi connectivity index (χ1v) is 5.17. The summed E-state index contributed by atoms with van der Waals surface area (Å²) < 4.78 is 9.35. The number of rotatable bonds is 4. The zero-order valence-electron chi connectivity index (χ0n) is 10.6. The highest BCUT2D eigenvalue weighted by atomic mass is 16.7. The molecule has 0 bridgehead atoms. The number of aryl methyl sites for hydroxylation is 1. The van der Waals surface area contributed by atoms with E-state index in [1.807, 2.05) is 13.8 Å². The van der Waals surface area contributed by atoms with E-state index in [-0.39, 0.29) is 6.29 Å². The number of carbonyl (C=O) groups is 2. The van der Waals surface area contributed by atoms with Gasteiger partial charge in [-0.25, -0.2) is 0 Å². The van der Waals surface area contributed by atoms with Crippen LogP contribution in [-0.2, 0) is 14.3 Å². The molecule has 0 saturated heterocycles. The van der Waals surface area contributed by atoms with Crippen LogP contribution in [0, 0.1) is 6.92 Å². The van der Waals surface area contributed by atoms with Gasteiger partial charge in [0.2, 0.25) is 5.78 Å². The summed E-state index contributed by atoms with van der Waals surface area (Å²) in [4.78, 5) is 20.8. The average Bonchev–Trinajstić information content (AvgIpc) is 2.38. The number of Topliss-reactive ketones (excluding diaryl/α,β-unsaturated/α-hetero) is 1. The molecule has 0 aromatic heterocycles. The fourth-order valence-electron chi connectivity index (χ4n) is 0.882. The van der Waals surface area contributed by atoms with Crippen LogP contribution >= 0.6 is 0 Å². The van der Waals surface area contributed by atoms with Crippen molar-refractivity contribution in [3.8, 4) is 0 Å². The Balaban J connectivity index is 0.000000366. The first-order valence-electron chi connectivity index (χ1n) is 5.17. The third-order valence-electron chi connectivity index (χ3n) is 2.11. The third-order valence-corrected chi connectivity index (χ3v) is 2.11. The molecule has 1 aromatic carbocycles. The van der Waals surface area contributed by atoms with Gasteiger partial charge in [0.1, 0.15) is 0 Å². The molecule has 0 N–H and O–H groups in total. The number of hydrogen-bond donors (Lipinski definition) is 0. The number of hydrogen-bond acceptors (Lipinski definition) is 4. The quantitative estimate of drug-likeness (QED) is 0.348. The van der Waals surface area contributed by atoms with Crippen LogP contribution in [0.1, 0.15) is 22.8 Å². The summed E-state index contributed by atoms with van der Waals surface area (Å²) in [5.41, 5.74) is 1.53. The molecule has 0 amide bonds. The highest BCUT2D eigenvalue weighted by Gasteiger charge is 2.00. The second kappa shape index (κ2) is 8.61. The number of aldehydes is 1. The van der Waals surface area contributed by atoms with Crippen molar-refractivity contribution in [1.29, 1.82) is 0 Å². The van der Waals surface area contributed by atoms with Crippen LogP contribution in [0.2, 0.25) is 0 Å². The van der Waals surface area contributed by atoms with Gasteiger partial charge in [-0.1, -0.05) is 29.8 Å². The topological polar surface area (TPSA) is 52.6 Å². The molecule has 4 nitrogen and oxygen atoms in total. The fraction of sp³-hybridized carbons (Fsp3) is 0.385. The number of ether oxygens (including phenoxy) is 2. The van der Waals surface area contributed by atoms with Gasteiger partial charge in [-0.3, -0.25) is 9.59 Å². The molecule has 17 heavy (non-hydrogen) atoms. The SMILES string of the molecule is COC(C)OC.Cc1ccc(C(=O)C=O)cc1. The molecule has 1 aromatic rings. The summed E-state index contributed by atoms with van der Waals surface area (Å²) in [5, 5.41) is 0. The van der Waals surface area contributed by atoms with Crippen molar-refractivity contribution in [3.63, 3.8) is 0 Å². The molecule has 0 aliphatic heterocycles. The van der Waals surface area contributed by atoms with E-state index in [4.69, 9.17) is 0 Å². The van der Waals surface area contributed by atoms with E-state index in [0.717, 1.165) is 5.56 Å². The maximum Gasteiger partial charge on any atom is 0.225 e. The molecule has 94 valence electrons. The summed E-state index contributed by atoms with van der Waals surface area (Å²) in [6.07, 6.45) is 0.259. The highest BCUT2D eigenvalue weighted by molar-refractivity contribution is 6.33. The molecule has 0 radical (unpaired) electrons. The minimum Gasteiger partial charge on any atom is -0.356 e. The normalized spacial score (nSPS) is 9.47. The Bertz CT molecular complexity index is 339. The predicted octanol–water partition coefficient (Wildman–Crippen LogP) is 2.00. The Morgan fingerprint density at radius 1 is 1.18 bits per heavy atom. The van der Waals surface area contributed by atoms with Gasteiger partial charge in [0.15, 0.2) is 12.6 Å². The molecule has 0 atom stereocenters. The van der Waals surface area contributed by atoms with Gasteiger partial charge in [-0.2, -0.15) is 0 Å². The molecule has 0 heterocycles. The monoisotopic (exact) mass is 238 g/mol. The number of benzene rings is 1. The van der Waals surface area contributed by atoms with Crippen molar-refractivity contribution in [2.75, 3.05) is 14.2 Å². The van der Waals surface area contributed by atoms with Crippen molar-refractivity contribution in [1.82, 2.24) is 0 Å². The second-order valence-corrected chi connectivity index (χ2v) is 3.39. The van der Waals surface area contributed by atoms with Crippen LogP contribution in [0.15, 0.2) is 24.3 Å². The van der Waals surface area contributed by atoms with E-state index in [2.05, 4.69) is 9.47 Å². The zero-order valence-corrected chi connectivity index (χ0v) is 10.6. The molecule has 0 unspecified atom stereocenters. The molecule has 1 rings (SSSR count). The van der Waals surface area contributed by atoms with Gasteiger partial charge in [0.25, 0.3) is 0 Å². The molecule has 0 fully saturated rings. The maximum absolute atomic E-state index is 10.8. The van der Waals surface area contributed by atoms with Crippen molar-refractivity contribution in [2.24, 2.45) is 0 Å². The molecule has 0 aliphatic rings. The lowest BCUT2D eigenvalue weighted by molar-refractivity contribution is -0.104. The van der Waals surface area contributed by atoms with Crippen molar-refractivity contribution in [3.05, 3.63) is 35.4 Å². The van der Waals surface area contributed by atoms with Gasteiger partial charge in [0, 0.05) is 19.8 Å². The summed E-state index contributed by atoms with van der Waals surface area (Å²) in [5.74, 6) is -0.468. The Hall–Kier alpha value is -1.52. The van der Waals surface area contributed by atoms with Gasteiger partial charge in [-0.05, 0) is 13.8 Å². The average molecular weight is 238 g/mol. The molecule has 4 heteroatoms. The Morgan fingerprint density at radius 2 is 1.65 bits per heavy atom. The van der Waals surface area contributed by atoms with Crippen molar-refractivity contribution < 1.29 is 19.1 Å². The fourth-order valence-corrected chi connectivity index (χ4v) is 0.882. The predicted molar refractivity (Wildman–Crippen MR) is 65.1 cm³/mol. The molecular weight excluding hydrogens is 220 g/mol. The Labute approximate surface area is 102 Å². The van der Waals surface area contributed by atoms with Crippen LogP contribution in [0.3, 0.4) is 0 Å². The van der Waals surface area contributed by atoms with Crippen molar-refractivity contribution in [2.45, 2.75) is 20.1 Å². The number of ketones is 1. The molecule has 0 saturated carbocycles. The molecule has 0 aliphatic carbocycles. The largest absolute Gasteiger partial charge is 0.356 e. The van der Waals surface area contributed by atoms with E-state index in [9.17, 15) is 9.59 Å². The Morgan fingerprint density at radius 3 is 1.94 bits per heavy atom. The van der Waals surface area contributed by atoms with Gasteiger partial charge in [-0.15, -0.1) is 0 Å². The van der Waals surface area contributed by atoms with Crippen LogP contribution in [0.4, 0.5) is 0 Å². The summed E-state index contributed by atoms with van der Waals surface area (Å²) >= 11 is 0. The molecular formula is C13H18O4. The van der Waals surface area contributed by atoms with Crippen LogP contribution < -0.4 is 0 Å². The van der Waals surface area contributed by atoms with Crippen LogP contribution in [0.25, 0.3) is 0 Å². The van der Waals surface area contributed by atoms with Crippen LogP contribution in [-0.4, -0.2) is 32.6 Å². The van der Waals surface area contributed by atoms with Gasteiger partial charge in [0.05, 0.1) is 0 Å². The zero-order chi connectivity index (χ0) is 13.3. The lowest BCUT2D eigenvalue weighted by Gasteiger charge is -2.03. The highest BCUT2D eigenvalue weighted by Crippen LogP contribution is 2.02. The minimum absolute atomic E-state index is 0.0648. The van der Waals surface area contributed by atoms with Crippen LogP contribution in [0.5, 0.6) is 0 Å². The summed E-state index contributed by atoms with van der Waals surface area (Å²) in [6.45, 7) is 3.76. The van der Waals surface area contributed by atoms with E-state index in [1.165, 1.54) is 0 Å². The maximum atomic E-state index is 10.8.